The summed E-state index contributed by atoms with van der Waals surface area (Å²) in [5, 5.41) is 11.8. The van der Waals surface area contributed by atoms with E-state index in [1.165, 1.54) is 0 Å². The maximum Gasteiger partial charge on any atom is 0.340 e. The van der Waals surface area contributed by atoms with Crippen molar-refractivity contribution in [3.8, 4) is 5.75 Å². The van der Waals surface area contributed by atoms with Crippen LogP contribution in [0.4, 0.5) is 5.69 Å². The number of rotatable bonds is 4. The zero-order chi connectivity index (χ0) is 20.4. The monoisotopic (exact) mass is 398 g/mol. The zero-order valence-corrected chi connectivity index (χ0v) is 16.7. The number of ether oxygens (including phenoxy) is 2. The summed E-state index contributed by atoms with van der Waals surface area (Å²) in [6.45, 7) is 3.62. The molecule has 3 heterocycles. The van der Waals surface area contributed by atoms with E-state index in [2.05, 4.69) is 17.1 Å². The van der Waals surface area contributed by atoms with Crippen molar-refractivity contribution in [3.63, 3.8) is 0 Å². The number of anilines is 1. The van der Waals surface area contributed by atoms with Gasteiger partial charge in [-0.3, -0.25) is 9.69 Å². The van der Waals surface area contributed by atoms with E-state index < -0.39 is 23.0 Å². The second kappa shape index (κ2) is 6.31. The molecule has 5 atom stereocenters. The Kier molecular flexibility index (Phi) is 4.05. The molecule has 5 rings (SSSR count). The number of aliphatic hydroxyl groups is 1. The average molecular weight is 398 g/mol. The number of benzene rings is 1. The molecule has 7 heteroatoms. The van der Waals surface area contributed by atoms with Crippen LogP contribution in [-0.2, 0) is 19.7 Å². The molecule has 1 saturated heterocycles. The van der Waals surface area contributed by atoms with E-state index in [4.69, 9.17) is 9.47 Å². The van der Waals surface area contributed by atoms with Crippen LogP contribution in [0.3, 0.4) is 0 Å². The van der Waals surface area contributed by atoms with Gasteiger partial charge in [0.2, 0.25) is 6.41 Å². The first-order valence-electron chi connectivity index (χ1n) is 10.2. The molecule has 1 aromatic carbocycles. The molecule has 1 amide bonds. The van der Waals surface area contributed by atoms with Gasteiger partial charge in [0, 0.05) is 24.1 Å². The van der Waals surface area contributed by atoms with Gasteiger partial charge in [-0.25, -0.2) is 4.79 Å². The lowest BCUT2D eigenvalue weighted by Crippen LogP contribution is -2.72. The van der Waals surface area contributed by atoms with Crippen LogP contribution < -0.4 is 9.64 Å². The first-order valence-corrected chi connectivity index (χ1v) is 10.2. The molecule has 1 spiro atoms. The smallest absolute Gasteiger partial charge is 0.340 e. The maximum atomic E-state index is 13.1. The number of nitrogens with zero attached hydrogens (tertiary/aromatic N) is 2. The quantitative estimate of drug-likeness (QED) is 0.467. The topological polar surface area (TPSA) is 79.3 Å². The number of hydrogen-bond acceptors (Lipinski definition) is 6. The standard InChI is InChI=1S/C22H26N2O5/c1-3-29-20(26)22(27)12-14-5-4-9-23-10-8-21(18(14)23)16-7-6-15(28-2)11-17(16)24(13-25)19(21)22/h4-7,11,13-14,18-19,27H,3,8-10,12H2,1-2H3. The molecule has 1 N–H and O–H groups in total. The molecular formula is C22H26N2O5. The van der Waals surface area contributed by atoms with Crippen LogP contribution in [-0.4, -0.2) is 66.9 Å². The van der Waals surface area contributed by atoms with E-state index in [9.17, 15) is 14.7 Å². The molecule has 0 aromatic heterocycles. The van der Waals surface area contributed by atoms with Gasteiger partial charge in [0.25, 0.3) is 0 Å². The fraction of sp³-hybridized carbons (Fsp3) is 0.545. The third-order valence-corrected chi connectivity index (χ3v) is 7.35. The van der Waals surface area contributed by atoms with E-state index in [1.807, 2.05) is 18.2 Å². The van der Waals surface area contributed by atoms with E-state index in [0.717, 1.165) is 31.5 Å². The predicted octanol–water partition coefficient (Wildman–Crippen LogP) is 1.24. The van der Waals surface area contributed by atoms with Crippen LogP contribution in [0.1, 0.15) is 25.3 Å². The van der Waals surface area contributed by atoms with Crippen molar-refractivity contribution in [2.24, 2.45) is 5.92 Å². The summed E-state index contributed by atoms with van der Waals surface area (Å²) in [7, 11) is 1.58. The fourth-order valence-corrected chi connectivity index (χ4v) is 6.52. The number of fused-ring (bicyclic) bond motifs is 1. The number of esters is 1. The highest BCUT2D eigenvalue weighted by atomic mass is 16.5. The molecule has 0 bridgehead atoms. The Balaban J connectivity index is 1.77. The first kappa shape index (κ1) is 18.6. The van der Waals surface area contributed by atoms with Crippen LogP contribution in [0.25, 0.3) is 0 Å². The molecule has 0 radical (unpaired) electrons. The van der Waals surface area contributed by atoms with Gasteiger partial charge in [-0.2, -0.15) is 0 Å². The van der Waals surface area contributed by atoms with Crippen molar-refractivity contribution < 1.29 is 24.2 Å². The Hall–Kier alpha value is -2.38. The van der Waals surface area contributed by atoms with Gasteiger partial charge < -0.3 is 19.5 Å². The number of amides is 1. The summed E-state index contributed by atoms with van der Waals surface area (Å²) in [5.74, 6) is 0.00518. The molecule has 154 valence electrons. The van der Waals surface area contributed by atoms with Gasteiger partial charge in [0.1, 0.15) is 5.75 Å². The fourth-order valence-electron chi connectivity index (χ4n) is 6.52. The van der Waals surface area contributed by atoms with Crippen LogP contribution >= 0.6 is 0 Å². The van der Waals surface area contributed by atoms with Gasteiger partial charge in [-0.1, -0.05) is 18.2 Å². The molecule has 1 aromatic rings. The van der Waals surface area contributed by atoms with Gasteiger partial charge in [-0.15, -0.1) is 0 Å². The summed E-state index contributed by atoms with van der Waals surface area (Å²) in [6, 6.07) is 5.16. The van der Waals surface area contributed by atoms with Gasteiger partial charge in [-0.05, 0) is 43.9 Å². The number of methoxy groups -OCH3 is 1. The molecule has 7 nitrogen and oxygen atoms in total. The van der Waals surface area contributed by atoms with Crippen molar-refractivity contribution in [1.29, 1.82) is 0 Å². The molecular weight excluding hydrogens is 372 g/mol. The van der Waals surface area contributed by atoms with E-state index in [0.29, 0.717) is 11.4 Å². The minimum absolute atomic E-state index is 0.0125. The van der Waals surface area contributed by atoms with Crippen LogP contribution in [0.15, 0.2) is 30.4 Å². The Morgan fingerprint density at radius 1 is 1.41 bits per heavy atom. The van der Waals surface area contributed by atoms with Crippen molar-refractivity contribution in [2.45, 2.75) is 42.9 Å². The average Bonchev–Trinajstić information content (AvgIpc) is 3.25. The van der Waals surface area contributed by atoms with Gasteiger partial charge in [0.15, 0.2) is 5.60 Å². The number of hydrogen-bond donors (Lipinski definition) is 1. The molecule has 3 aliphatic heterocycles. The molecule has 2 fully saturated rings. The maximum absolute atomic E-state index is 13.1. The van der Waals surface area contributed by atoms with Crippen molar-refractivity contribution >= 4 is 18.1 Å². The van der Waals surface area contributed by atoms with Crippen molar-refractivity contribution in [1.82, 2.24) is 4.90 Å². The molecule has 4 aliphatic rings. The Morgan fingerprint density at radius 3 is 2.97 bits per heavy atom. The SMILES string of the molecule is CCOC(=O)C1(O)CC2C=CCN3CCC4(c5ccc(OC)cc5N(C=O)C14)C23. The molecule has 1 saturated carbocycles. The highest BCUT2D eigenvalue weighted by Crippen LogP contribution is 2.62. The van der Waals surface area contributed by atoms with Crippen molar-refractivity contribution in [2.75, 3.05) is 31.7 Å². The van der Waals surface area contributed by atoms with Crippen LogP contribution in [0, 0.1) is 5.92 Å². The number of carbonyl (C=O) groups is 2. The Morgan fingerprint density at radius 2 is 2.24 bits per heavy atom. The lowest BCUT2D eigenvalue weighted by Gasteiger charge is -2.55. The predicted molar refractivity (Wildman–Crippen MR) is 106 cm³/mol. The molecule has 29 heavy (non-hydrogen) atoms. The summed E-state index contributed by atoms with van der Waals surface area (Å²) in [6.07, 6.45) is 6.00. The van der Waals surface area contributed by atoms with E-state index in [-0.39, 0.29) is 25.0 Å². The third-order valence-electron chi connectivity index (χ3n) is 7.35. The largest absolute Gasteiger partial charge is 0.497 e. The minimum atomic E-state index is -1.78. The Labute approximate surface area is 169 Å². The summed E-state index contributed by atoms with van der Waals surface area (Å²) in [5.41, 5.74) is -0.588. The van der Waals surface area contributed by atoms with E-state index in [1.54, 1.807) is 18.9 Å². The Bertz CT molecular complexity index is 901. The van der Waals surface area contributed by atoms with Crippen LogP contribution in [0.5, 0.6) is 5.75 Å². The summed E-state index contributed by atoms with van der Waals surface area (Å²) < 4.78 is 10.7. The van der Waals surface area contributed by atoms with Crippen molar-refractivity contribution in [3.05, 3.63) is 35.9 Å². The molecule has 5 unspecified atom stereocenters. The zero-order valence-electron chi connectivity index (χ0n) is 16.7. The second-order valence-electron chi connectivity index (χ2n) is 8.47. The minimum Gasteiger partial charge on any atom is -0.497 e. The lowest BCUT2D eigenvalue weighted by molar-refractivity contribution is -0.177. The first-order chi connectivity index (χ1) is 14.0. The highest BCUT2D eigenvalue weighted by Gasteiger charge is 2.72. The second-order valence-corrected chi connectivity index (χ2v) is 8.47. The lowest BCUT2D eigenvalue weighted by atomic mass is 9.55. The summed E-state index contributed by atoms with van der Waals surface area (Å²) >= 11 is 0. The van der Waals surface area contributed by atoms with Gasteiger partial charge in [0.05, 0.1) is 25.4 Å². The third kappa shape index (κ3) is 2.20. The van der Waals surface area contributed by atoms with Gasteiger partial charge >= 0.3 is 5.97 Å². The summed E-state index contributed by atoms with van der Waals surface area (Å²) in [4.78, 5) is 29.4. The van der Waals surface area contributed by atoms with E-state index >= 15 is 0 Å². The van der Waals surface area contributed by atoms with Crippen LogP contribution in [0.2, 0.25) is 0 Å². The molecule has 1 aliphatic carbocycles. The number of carbonyl (C=O) groups excluding carboxylic acids is 2. The normalized spacial score (nSPS) is 36.9. The highest BCUT2D eigenvalue weighted by molar-refractivity contribution is 5.91.